The average molecular weight is 173 g/mol. The van der Waals surface area contributed by atoms with Gasteiger partial charge < -0.3 is 15.2 Å². The molecule has 12 heavy (non-hydrogen) atoms. The van der Waals surface area contributed by atoms with E-state index in [1.54, 1.807) is 0 Å². The Bertz CT molecular complexity index is 128. The van der Waals surface area contributed by atoms with Gasteiger partial charge in [-0.15, -0.1) is 0 Å². The molecule has 2 unspecified atom stereocenters. The van der Waals surface area contributed by atoms with Crippen molar-refractivity contribution in [2.24, 2.45) is 5.92 Å². The first-order valence-corrected chi connectivity index (χ1v) is 4.70. The molecule has 1 heterocycles. The standard InChI is InChI=1S/C9H19NO2/c1-7(2)3-4-12-9-6-10-5-8(9)11/h7-11H,3-6H2,1-2H3. The molecule has 0 aromatic heterocycles. The smallest absolute Gasteiger partial charge is 0.0970 e. The van der Waals surface area contributed by atoms with Crippen molar-refractivity contribution in [2.45, 2.75) is 32.5 Å². The van der Waals surface area contributed by atoms with E-state index in [4.69, 9.17) is 4.74 Å². The van der Waals surface area contributed by atoms with Crippen LogP contribution in [0.2, 0.25) is 0 Å². The second-order valence-electron chi connectivity index (χ2n) is 3.82. The number of rotatable bonds is 4. The number of ether oxygens (including phenoxy) is 1. The molecule has 2 atom stereocenters. The zero-order chi connectivity index (χ0) is 8.97. The van der Waals surface area contributed by atoms with Gasteiger partial charge in [0.2, 0.25) is 0 Å². The highest BCUT2D eigenvalue weighted by molar-refractivity contribution is 4.80. The van der Waals surface area contributed by atoms with Crippen molar-refractivity contribution in [1.82, 2.24) is 5.32 Å². The van der Waals surface area contributed by atoms with Crippen molar-refractivity contribution in [3.8, 4) is 0 Å². The molecule has 1 aliphatic heterocycles. The Morgan fingerprint density at radius 2 is 2.25 bits per heavy atom. The summed E-state index contributed by atoms with van der Waals surface area (Å²) in [5.74, 6) is 0.677. The third-order valence-corrected chi connectivity index (χ3v) is 2.16. The van der Waals surface area contributed by atoms with Crippen LogP contribution in [0.1, 0.15) is 20.3 Å². The van der Waals surface area contributed by atoms with Gasteiger partial charge in [0.15, 0.2) is 0 Å². The first kappa shape index (κ1) is 9.96. The van der Waals surface area contributed by atoms with Crippen LogP contribution in [-0.2, 0) is 4.74 Å². The van der Waals surface area contributed by atoms with E-state index in [0.717, 1.165) is 19.6 Å². The molecule has 1 fully saturated rings. The maximum absolute atomic E-state index is 9.37. The normalized spacial score (nSPS) is 30.0. The molecule has 0 aliphatic carbocycles. The molecule has 0 aromatic rings. The van der Waals surface area contributed by atoms with Crippen LogP contribution in [0, 0.1) is 5.92 Å². The van der Waals surface area contributed by atoms with E-state index in [0.29, 0.717) is 12.5 Å². The summed E-state index contributed by atoms with van der Waals surface area (Å²) in [5.41, 5.74) is 0. The topological polar surface area (TPSA) is 41.5 Å². The molecular weight excluding hydrogens is 154 g/mol. The predicted octanol–water partition coefficient (Wildman–Crippen LogP) is 0.382. The maximum atomic E-state index is 9.37. The minimum Gasteiger partial charge on any atom is -0.389 e. The van der Waals surface area contributed by atoms with E-state index in [2.05, 4.69) is 19.2 Å². The van der Waals surface area contributed by atoms with Crippen molar-refractivity contribution in [3.63, 3.8) is 0 Å². The van der Waals surface area contributed by atoms with Gasteiger partial charge in [-0.05, 0) is 12.3 Å². The summed E-state index contributed by atoms with van der Waals surface area (Å²) in [5, 5.41) is 12.5. The summed E-state index contributed by atoms with van der Waals surface area (Å²) in [6.07, 6.45) is 0.782. The fraction of sp³-hybridized carbons (Fsp3) is 1.00. The zero-order valence-corrected chi connectivity index (χ0v) is 7.92. The van der Waals surface area contributed by atoms with Crippen molar-refractivity contribution in [1.29, 1.82) is 0 Å². The Kier molecular flexibility index (Phi) is 3.98. The third-order valence-electron chi connectivity index (χ3n) is 2.16. The Balaban J connectivity index is 2.06. The highest BCUT2D eigenvalue weighted by atomic mass is 16.5. The lowest BCUT2D eigenvalue weighted by Gasteiger charge is -2.15. The van der Waals surface area contributed by atoms with Crippen LogP contribution >= 0.6 is 0 Å². The van der Waals surface area contributed by atoms with E-state index in [-0.39, 0.29) is 12.2 Å². The molecular formula is C9H19NO2. The van der Waals surface area contributed by atoms with Crippen molar-refractivity contribution in [2.75, 3.05) is 19.7 Å². The molecule has 3 nitrogen and oxygen atoms in total. The van der Waals surface area contributed by atoms with Crippen LogP contribution < -0.4 is 5.32 Å². The first-order chi connectivity index (χ1) is 5.70. The van der Waals surface area contributed by atoms with Crippen LogP contribution in [0.15, 0.2) is 0 Å². The molecule has 3 heteroatoms. The molecule has 1 saturated heterocycles. The summed E-state index contributed by atoms with van der Waals surface area (Å²) < 4.78 is 5.51. The monoisotopic (exact) mass is 173 g/mol. The van der Waals surface area contributed by atoms with Crippen LogP contribution in [0.4, 0.5) is 0 Å². The van der Waals surface area contributed by atoms with Gasteiger partial charge in [0.1, 0.15) is 0 Å². The lowest BCUT2D eigenvalue weighted by atomic mass is 10.1. The summed E-state index contributed by atoms with van der Waals surface area (Å²) in [6.45, 7) is 6.58. The molecule has 72 valence electrons. The fourth-order valence-electron chi connectivity index (χ4n) is 1.27. The summed E-state index contributed by atoms with van der Waals surface area (Å²) in [6, 6.07) is 0. The van der Waals surface area contributed by atoms with Crippen LogP contribution in [0.25, 0.3) is 0 Å². The number of aliphatic hydroxyl groups is 1. The minimum atomic E-state index is -0.308. The van der Waals surface area contributed by atoms with E-state index >= 15 is 0 Å². The van der Waals surface area contributed by atoms with Gasteiger partial charge >= 0.3 is 0 Å². The van der Waals surface area contributed by atoms with E-state index < -0.39 is 0 Å². The van der Waals surface area contributed by atoms with Crippen molar-refractivity contribution >= 4 is 0 Å². The Morgan fingerprint density at radius 1 is 1.50 bits per heavy atom. The fourth-order valence-corrected chi connectivity index (χ4v) is 1.27. The Morgan fingerprint density at radius 3 is 2.75 bits per heavy atom. The minimum absolute atomic E-state index is 0.0174. The molecule has 0 aromatic carbocycles. The van der Waals surface area contributed by atoms with E-state index in [9.17, 15) is 5.11 Å². The van der Waals surface area contributed by atoms with Gasteiger partial charge in [-0.25, -0.2) is 0 Å². The zero-order valence-electron chi connectivity index (χ0n) is 7.92. The largest absolute Gasteiger partial charge is 0.389 e. The number of β-amino-alcohol motifs (C(OH)–C–C–N with tert-alkyl or cyclic N) is 1. The van der Waals surface area contributed by atoms with Gasteiger partial charge in [0.05, 0.1) is 12.2 Å². The molecule has 2 N–H and O–H groups in total. The first-order valence-electron chi connectivity index (χ1n) is 4.70. The maximum Gasteiger partial charge on any atom is 0.0970 e. The van der Waals surface area contributed by atoms with E-state index in [1.165, 1.54) is 0 Å². The highest BCUT2D eigenvalue weighted by Gasteiger charge is 2.24. The summed E-state index contributed by atoms with van der Waals surface area (Å²) in [4.78, 5) is 0. The lowest BCUT2D eigenvalue weighted by Crippen LogP contribution is -2.27. The van der Waals surface area contributed by atoms with Crippen LogP contribution in [0.3, 0.4) is 0 Å². The number of hydrogen-bond donors (Lipinski definition) is 2. The second kappa shape index (κ2) is 4.80. The van der Waals surface area contributed by atoms with Gasteiger partial charge in [-0.2, -0.15) is 0 Å². The molecule has 1 rings (SSSR count). The Labute approximate surface area is 74.1 Å². The number of aliphatic hydroxyl groups excluding tert-OH is 1. The van der Waals surface area contributed by atoms with Gasteiger partial charge in [-0.1, -0.05) is 13.8 Å². The molecule has 0 saturated carbocycles. The molecule has 0 amide bonds. The van der Waals surface area contributed by atoms with Crippen molar-refractivity contribution < 1.29 is 9.84 Å². The Hall–Kier alpha value is -0.120. The predicted molar refractivity (Wildman–Crippen MR) is 48.1 cm³/mol. The molecule has 1 aliphatic rings. The molecule has 0 spiro atoms. The second-order valence-corrected chi connectivity index (χ2v) is 3.82. The van der Waals surface area contributed by atoms with Crippen LogP contribution in [0.5, 0.6) is 0 Å². The number of nitrogens with one attached hydrogen (secondary N) is 1. The summed E-state index contributed by atoms with van der Waals surface area (Å²) in [7, 11) is 0. The molecule has 0 bridgehead atoms. The average Bonchev–Trinajstić information content (AvgIpc) is 2.36. The van der Waals surface area contributed by atoms with Gasteiger partial charge in [0.25, 0.3) is 0 Å². The highest BCUT2D eigenvalue weighted by Crippen LogP contribution is 2.07. The SMILES string of the molecule is CC(C)CCOC1CNCC1O. The van der Waals surface area contributed by atoms with E-state index in [1.807, 2.05) is 0 Å². The summed E-state index contributed by atoms with van der Waals surface area (Å²) >= 11 is 0. The van der Waals surface area contributed by atoms with Gasteiger partial charge in [-0.3, -0.25) is 0 Å². The van der Waals surface area contributed by atoms with Gasteiger partial charge in [0, 0.05) is 19.7 Å². The van der Waals surface area contributed by atoms with Crippen LogP contribution in [-0.4, -0.2) is 37.0 Å². The lowest BCUT2D eigenvalue weighted by molar-refractivity contribution is -0.0115. The van der Waals surface area contributed by atoms with Crippen molar-refractivity contribution in [3.05, 3.63) is 0 Å². The molecule has 0 radical (unpaired) electrons. The quantitative estimate of drug-likeness (QED) is 0.646. The third kappa shape index (κ3) is 3.09. The number of hydrogen-bond acceptors (Lipinski definition) is 3.